The van der Waals surface area contributed by atoms with Crippen LogP contribution in [0.15, 0.2) is 0 Å². The van der Waals surface area contributed by atoms with Crippen LogP contribution in [0.2, 0.25) is 0 Å². The molecule has 0 aromatic rings. The highest BCUT2D eigenvalue weighted by molar-refractivity contribution is 5.84. The molecule has 0 aromatic heterocycles. The number of hydrogen-bond acceptors (Lipinski definition) is 3. The maximum absolute atomic E-state index is 12.7. The fourth-order valence-corrected chi connectivity index (χ4v) is 3.43. The van der Waals surface area contributed by atoms with Crippen LogP contribution < -0.4 is 5.73 Å². The Balaban J connectivity index is 2.06. The monoisotopic (exact) mass is 268 g/mol. The number of likely N-dealkylation sites (tertiary alicyclic amines) is 1. The summed E-state index contributed by atoms with van der Waals surface area (Å²) in [5, 5.41) is 9.11. The molecule has 1 aliphatic heterocycles. The Kier molecular flexibility index (Phi) is 4.45. The molecule has 108 valence electrons. The Labute approximate surface area is 114 Å². The van der Waals surface area contributed by atoms with Gasteiger partial charge in [0.2, 0.25) is 5.91 Å². The van der Waals surface area contributed by atoms with Crippen LogP contribution in [0.25, 0.3) is 0 Å². The molecule has 0 aromatic carbocycles. The molecule has 1 aliphatic carbocycles. The number of piperidine rings is 1. The van der Waals surface area contributed by atoms with Gasteiger partial charge in [-0.2, -0.15) is 0 Å². The number of nitrogens with zero attached hydrogens (tertiary/aromatic N) is 1. The molecular weight excluding hydrogens is 244 g/mol. The minimum absolute atomic E-state index is 0.0978. The summed E-state index contributed by atoms with van der Waals surface area (Å²) in [6.07, 6.45) is 6.45. The summed E-state index contributed by atoms with van der Waals surface area (Å²) in [7, 11) is 0. The van der Waals surface area contributed by atoms with E-state index in [1.54, 1.807) is 4.90 Å². The number of carbonyl (C=O) groups excluding carboxylic acids is 1. The van der Waals surface area contributed by atoms with Crippen LogP contribution in [-0.4, -0.2) is 41.5 Å². The summed E-state index contributed by atoms with van der Waals surface area (Å²) >= 11 is 0. The minimum atomic E-state index is -0.789. The van der Waals surface area contributed by atoms with Crippen molar-refractivity contribution in [3.05, 3.63) is 0 Å². The van der Waals surface area contributed by atoms with Crippen LogP contribution in [0.3, 0.4) is 0 Å². The van der Waals surface area contributed by atoms with E-state index in [2.05, 4.69) is 0 Å². The summed E-state index contributed by atoms with van der Waals surface area (Å²) in [4.78, 5) is 25.6. The van der Waals surface area contributed by atoms with Gasteiger partial charge in [-0.3, -0.25) is 9.59 Å². The van der Waals surface area contributed by atoms with E-state index in [0.717, 1.165) is 32.1 Å². The maximum atomic E-state index is 12.7. The number of carboxylic acids is 1. The van der Waals surface area contributed by atoms with Crippen molar-refractivity contribution in [3.8, 4) is 0 Å². The predicted octanol–water partition coefficient (Wildman–Crippen LogP) is 1.22. The molecule has 5 nitrogen and oxygen atoms in total. The number of rotatable bonds is 3. The van der Waals surface area contributed by atoms with Crippen LogP contribution in [0.1, 0.15) is 44.9 Å². The highest BCUT2D eigenvalue weighted by atomic mass is 16.4. The number of nitrogens with two attached hydrogens (primary N) is 1. The molecule has 2 rings (SSSR count). The number of carboxylic acid groups (broad SMARTS) is 1. The van der Waals surface area contributed by atoms with Crippen molar-refractivity contribution in [1.82, 2.24) is 4.90 Å². The molecule has 1 saturated heterocycles. The van der Waals surface area contributed by atoms with E-state index in [9.17, 15) is 9.59 Å². The Morgan fingerprint density at radius 1 is 1.21 bits per heavy atom. The molecule has 1 unspecified atom stereocenters. The summed E-state index contributed by atoms with van der Waals surface area (Å²) in [5.41, 5.74) is 5.46. The molecule has 2 aliphatic rings. The summed E-state index contributed by atoms with van der Waals surface area (Å²) in [5.74, 6) is -1.10. The number of amides is 1. The molecule has 1 atom stereocenters. The zero-order valence-electron chi connectivity index (χ0n) is 11.4. The van der Waals surface area contributed by atoms with Crippen LogP contribution >= 0.6 is 0 Å². The van der Waals surface area contributed by atoms with Gasteiger partial charge in [-0.1, -0.05) is 19.3 Å². The standard InChI is InChI=1S/C14H24N2O3/c15-10-14(6-2-1-3-7-14)13(19)16-8-4-5-11(9-16)12(17)18/h11H,1-10,15H2,(H,17,18). The van der Waals surface area contributed by atoms with Gasteiger partial charge in [0.15, 0.2) is 0 Å². The zero-order valence-corrected chi connectivity index (χ0v) is 11.4. The van der Waals surface area contributed by atoms with Gasteiger partial charge in [0.1, 0.15) is 0 Å². The van der Waals surface area contributed by atoms with Crippen molar-refractivity contribution in [2.45, 2.75) is 44.9 Å². The van der Waals surface area contributed by atoms with Gasteiger partial charge in [0, 0.05) is 19.6 Å². The molecule has 0 radical (unpaired) electrons. The second kappa shape index (κ2) is 5.90. The first kappa shape index (κ1) is 14.3. The second-order valence-electron chi connectivity index (χ2n) is 5.97. The van der Waals surface area contributed by atoms with Crippen LogP contribution in [0.4, 0.5) is 0 Å². The molecular formula is C14H24N2O3. The molecule has 19 heavy (non-hydrogen) atoms. The van der Waals surface area contributed by atoms with Gasteiger partial charge in [-0.25, -0.2) is 0 Å². The average molecular weight is 268 g/mol. The first-order valence-electron chi connectivity index (χ1n) is 7.31. The predicted molar refractivity (Wildman–Crippen MR) is 71.5 cm³/mol. The van der Waals surface area contributed by atoms with Crippen molar-refractivity contribution in [2.24, 2.45) is 17.1 Å². The minimum Gasteiger partial charge on any atom is -0.481 e. The summed E-state index contributed by atoms with van der Waals surface area (Å²) in [6, 6.07) is 0. The number of aliphatic carboxylic acids is 1. The second-order valence-corrected chi connectivity index (χ2v) is 5.97. The van der Waals surface area contributed by atoms with Crippen LogP contribution in [-0.2, 0) is 9.59 Å². The van der Waals surface area contributed by atoms with Gasteiger partial charge >= 0.3 is 5.97 Å². The quantitative estimate of drug-likeness (QED) is 0.806. The molecule has 0 bridgehead atoms. The van der Waals surface area contributed by atoms with Gasteiger partial charge < -0.3 is 15.7 Å². The number of hydrogen-bond donors (Lipinski definition) is 2. The smallest absolute Gasteiger partial charge is 0.308 e. The van der Waals surface area contributed by atoms with E-state index < -0.39 is 17.3 Å². The van der Waals surface area contributed by atoms with Crippen LogP contribution in [0, 0.1) is 11.3 Å². The first-order valence-corrected chi connectivity index (χ1v) is 7.31. The van der Waals surface area contributed by atoms with Gasteiger partial charge in [0.25, 0.3) is 0 Å². The highest BCUT2D eigenvalue weighted by Gasteiger charge is 2.42. The van der Waals surface area contributed by atoms with E-state index in [0.29, 0.717) is 26.1 Å². The summed E-state index contributed by atoms with van der Waals surface area (Å²) in [6.45, 7) is 1.43. The normalized spacial score (nSPS) is 27.0. The largest absolute Gasteiger partial charge is 0.481 e. The van der Waals surface area contributed by atoms with Crippen molar-refractivity contribution < 1.29 is 14.7 Å². The fourth-order valence-electron chi connectivity index (χ4n) is 3.43. The molecule has 1 saturated carbocycles. The van der Waals surface area contributed by atoms with Gasteiger partial charge in [0.05, 0.1) is 11.3 Å². The Bertz CT molecular complexity index is 351. The third kappa shape index (κ3) is 2.91. The SMILES string of the molecule is NCC1(C(=O)N2CCCC(C(=O)O)C2)CCCCC1. The topological polar surface area (TPSA) is 83.6 Å². The van der Waals surface area contributed by atoms with Crippen molar-refractivity contribution in [2.75, 3.05) is 19.6 Å². The molecule has 0 spiro atoms. The first-order chi connectivity index (χ1) is 9.09. The molecule has 2 fully saturated rings. The molecule has 1 amide bonds. The third-order valence-corrected chi connectivity index (χ3v) is 4.71. The fraction of sp³-hybridized carbons (Fsp3) is 0.857. The van der Waals surface area contributed by atoms with Gasteiger partial charge in [-0.15, -0.1) is 0 Å². The van der Waals surface area contributed by atoms with Crippen molar-refractivity contribution in [3.63, 3.8) is 0 Å². The Hall–Kier alpha value is -1.10. The summed E-state index contributed by atoms with van der Waals surface area (Å²) < 4.78 is 0. The Morgan fingerprint density at radius 2 is 1.89 bits per heavy atom. The lowest BCUT2D eigenvalue weighted by atomic mass is 9.72. The van der Waals surface area contributed by atoms with E-state index in [1.807, 2.05) is 0 Å². The maximum Gasteiger partial charge on any atom is 0.308 e. The van der Waals surface area contributed by atoms with Crippen molar-refractivity contribution in [1.29, 1.82) is 0 Å². The lowest BCUT2D eigenvalue weighted by Crippen LogP contribution is -2.52. The van der Waals surface area contributed by atoms with E-state index in [4.69, 9.17) is 10.8 Å². The zero-order chi connectivity index (χ0) is 13.9. The number of carbonyl (C=O) groups is 2. The Morgan fingerprint density at radius 3 is 2.47 bits per heavy atom. The van der Waals surface area contributed by atoms with E-state index >= 15 is 0 Å². The van der Waals surface area contributed by atoms with E-state index in [1.165, 1.54) is 6.42 Å². The van der Waals surface area contributed by atoms with E-state index in [-0.39, 0.29) is 5.91 Å². The lowest BCUT2D eigenvalue weighted by molar-refractivity contribution is -0.150. The van der Waals surface area contributed by atoms with Crippen LogP contribution in [0.5, 0.6) is 0 Å². The third-order valence-electron chi connectivity index (χ3n) is 4.71. The molecule has 3 N–H and O–H groups in total. The molecule has 5 heteroatoms. The van der Waals surface area contributed by atoms with Crippen molar-refractivity contribution >= 4 is 11.9 Å². The highest BCUT2D eigenvalue weighted by Crippen LogP contribution is 2.38. The van der Waals surface area contributed by atoms with Gasteiger partial charge in [-0.05, 0) is 25.7 Å². The average Bonchev–Trinajstić information content (AvgIpc) is 2.47. The lowest BCUT2D eigenvalue weighted by Gasteiger charge is -2.41. The molecule has 1 heterocycles.